The molecule has 8 nitrogen and oxygen atoms in total. The Morgan fingerprint density at radius 2 is 1.67 bits per heavy atom. The molecule has 3 rings (SSSR count). The summed E-state index contributed by atoms with van der Waals surface area (Å²) in [5.41, 5.74) is 4.50. The van der Waals surface area contributed by atoms with E-state index in [1.54, 1.807) is 18.2 Å². The van der Waals surface area contributed by atoms with E-state index < -0.39 is 18.4 Å². The molecule has 2 atom stereocenters. The standard InChI is InChI=1S/C20H21Cl2N3O5/c21-12-7-8-16(15(22)10-12)30-9-3-6-17(26)23-24-18(27)11-25-19(28)13-4-1-2-5-14(13)20(25)29/h1-2,7-8,10,13-14H,3-6,9,11H2,(H,23,26)(H,24,27)/t13-,14-/m0/s1. The van der Waals surface area contributed by atoms with Gasteiger partial charge >= 0.3 is 0 Å². The molecule has 1 saturated heterocycles. The van der Waals surface area contributed by atoms with E-state index in [1.165, 1.54) is 0 Å². The Morgan fingerprint density at radius 3 is 2.30 bits per heavy atom. The lowest BCUT2D eigenvalue weighted by atomic mass is 9.85. The van der Waals surface area contributed by atoms with Crippen LogP contribution >= 0.6 is 23.2 Å². The zero-order valence-corrected chi connectivity index (χ0v) is 17.5. The van der Waals surface area contributed by atoms with Crippen LogP contribution in [0.2, 0.25) is 10.0 Å². The van der Waals surface area contributed by atoms with Crippen LogP contribution in [0.3, 0.4) is 0 Å². The van der Waals surface area contributed by atoms with E-state index >= 15 is 0 Å². The maximum absolute atomic E-state index is 12.3. The van der Waals surface area contributed by atoms with Crippen molar-refractivity contribution >= 4 is 46.8 Å². The van der Waals surface area contributed by atoms with E-state index in [9.17, 15) is 19.2 Å². The SMILES string of the molecule is O=C(CCCOc1ccc(Cl)cc1Cl)NNC(=O)CN1C(=O)[C@H]2CC=CC[C@@H]2C1=O. The minimum absolute atomic E-state index is 0.100. The molecule has 0 unspecified atom stereocenters. The average molecular weight is 454 g/mol. The van der Waals surface area contributed by atoms with Crippen molar-refractivity contribution in [2.24, 2.45) is 11.8 Å². The van der Waals surface area contributed by atoms with Crippen LogP contribution in [0.1, 0.15) is 25.7 Å². The van der Waals surface area contributed by atoms with Gasteiger partial charge in [-0.05, 0) is 37.5 Å². The molecule has 0 radical (unpaired) electrons. The van der Waals surface area contributed by atoms with Gasteiger partial charge in [-0.15, -0.1) is 0 Å². The van der Waals surface area contributed by atoms with Gasteiger partial charge in [0.05, 0.1) is 23.5 Å². The maximum Gasteiger partial charge on any atom is 0.258 e. The summed E-state index contributed by atoms with van der Waals surface area (Å²) in [5, 5.41) is 0.871. The molecule has 1 fully saturated rings. The van der Waals surface area contributed by atoms with Crippen LogP contribution in [-0.2, 0) is 19.2 Å². The van der Waals surface area contributed by atoms with Crippen LogP contribution in [0.25, 0.3) is 0 Å². The molecular formula is C20H21Cl2N3O5. The molecule has 0 saturated carbocycles. The third-order valence-electron chi connectivity index (χ3n) is 4.94. The number of carbonyl (C=O) groups is 4. The van der Waals surface area contributed by atoms with Crippen molar-refractivity contribution in [1.29, 1.82) is 0 Å². The van der Waals surface area contributed by atoms with Gasteiger partial charge in [-0.2, -0.15) is 0 Å². The predicted molar refractivity (Wildman–Crippen MR) is 110 cm³/mol. The Labute approximate surface area is 183 Å². The van der Waals surface area contributed by atoms with E-state index in [1.807, 2.05) is 12.2 Å². The van der Waals surface area contributed by atoms with Crippen LogP contribution in [0.5, 0.6) is 5.75 Å². The minimum Gasteiger partial charge on any atom is -0.492 e. The number of hydrogen-bond acceptors (Lipinski definition) is 5. The second kappa shape index (κ2) is 9.95. The Hall–Kier alpha value is -2.58. The molecule has 0 spiro atoms. The molecule has 0 aromatic heterocycles. The number of fused-ring (bicyclic) bond motifs is 1. The molecule has 1 aromatic rings. The van der Waals surface area contributed by atoms with E-state index in [0.717, 1.165) is 4.90 Å². The predicted octanol–water partition coefficient (Wildman–Crippen LogP) is 2.25. The molecular weight excluding hydrogens is 433 g/mol. The number of nitrogens with one attached hydrogen (secondary N) is 2. The van der Waals surface area contributed by atoms with Gasteiger partial charge in [0.15, 0.2) is 0 Å². The van der Waals surface area contributed by atoms with Crippen molar-refractivity contribution in [1.82, 2.24) is 15.8 Å². The first-order valence-corrected chi connectivity index (χ1v) is 10.3. The van der Waals surface area contributed by atoms with Crippen LogP contribution in [-0.4, -0.2) is 41.7 Å². The number of rotatable bonds is 7. The van der Waals surface area contributed by atoms with Gasteiger partial charge in [0.1, 0.15) is 12.3 Å². The molecule has 4 amide bonds. The Kier molecular flexibility index (Phi) is 7.33. The largest absolute Gasteiger partial charge is 0.492 e. The fourth-order valence-electron chi connectivity index (χ4n) is 3.42. The van der Waals surface area contributed by atoms with Crippen molar-refractivity contribution < 1.29 is 23.9 Å². The summed E-state index contributed by atoms with van der Waals surface area (Å²) < 4.78 is 5.48. The molecule has 30 heavy (non-hydrogen) atoms. The maximum atomic E-state index is 12.3. The Bertz CT molecular complexity index is 863. The number of ether oxygens (including phenoxy) is 1. The quantitative estimate of drug-likeness (QED) is 0.285. The van der Waals surface area contributed by atoms with Crippen LogP contribution in [0, 0.1) is 11.8 Å². The highest BCUT2D eigenvalue weighted by molar-refractivity contribution is 6.35. The summed E-state index contributed by atoms with van der Waals surface area (Å²) in [6.07, 6.45) is 5.26. The van der Waals surface area contributed by atoms with Crippen molar-refractivity contribution in [2.75, 3.05) is 13.2 Å². The van der Waals surface area contributed by atoms with E-state index in [4.69, 9.17) is 27.9 Å². The van der Waals surface area contributed by atoms with Crippen LogP contribution < -0.4 is 15.6 Å². The number of hydrazine groups is 1. The molecule has 2 N–H and O–H groups in total. The number of allylic oxidation sites excluding steroid dienone is 2. The zero-order chi connectivity index (χ0) is 21.7. The third kappa shape index (κ3) is 5.31. The van der Waals surface area contributed by atoms with Gasteiger partial charge in [0.25, 0.3) is 5.91 Å². The lowest BCUT2D eigenvalue weighted by molar-refractivity contribution is -0.144. The Morgan fingerprint density at radius 1 is 1.03 bits per heavy atom. The highest BCUT2D eigenvalue weighted by atomic mass is 35.5. The number of likely N-dealkylation sites (tertiary alicyclic amines) is 1. The van der Waals surface area contributed by atoms with Gasteiger partial charge in [0, 0.05) is 11.4 Å². The molecule has 2 aliphatic rings. The first kappa shape index (κ1) is 22.1. The first-order chi connectivity index (χ1) is 14.4. The van der Waals surface area contributed by atoms with E-state index in [-0.39, 0.29) is 36.7 Å². The Balaban J connectivity index is 1.35. The minimum atomic E-state index is -0.638. The number of halogens is 2. The smallest absolute Gasteiger partial charge is 0.258 e. The number of benzene rings is 1. The lowest BCUT2D eigenvalue weighted by Gasteiger charge is -2.14. The van der Waals surface area contributed by atoms with E-state index in [0.29, 0.717) is 35.1 Å². The van der Waals surface area contributed by atoms with Gasteiger partial charge < -0.3 is 4.74 Å². The zero-order valence-electron chi connectivity index (χ0n) is 16.0. The summed E-state index contributed by atoms with van der Waals surface area (Å²) in [5.74, 6) is -2.06. The fraction of sp³-hybridized carbons (Fsp3) is 0.400. The van der Waals surface area contributed by atoms with Crippen molar-refractivity contribution in [3.8, 4) is 5.75 Å². The molecule has 1 aliphatic carbocycles. The second-order valence-electron chi connectivity index (χ2n) is 7.04. The number of imide groups is 1. The molecule has 1 aromatic carbocycles. The molecule has 160 valence electrons. The van der Waals surface area contributed by atoms with Gasteiger partial charge in [-0.3, -0.25) is 34.9 Å². The van der Waals surface area contributed by atoms with Gasteiger partial charge in [-0.25, -0.2) is 0 Å². The monoisotopic (exact) mass is 453 g/mol. The topological polar surface area (TPSA) is 105 Å². The first-order valence-electron chi connectivity index (χ1n) is 9.52. The highest BCUT2D eigenvalue weighted by Gasteiger charge is 2.47. The van der Waals surface area contributed by atoms with Gasteiger partial charge in [-0.1, -0.05) is 35.4 Å². The summed E-state index contributed by atoms with van der Waals surface area (Å²) >= 11 is 11.8. The number of amides is 4. The third-order valence-corrected chi connectivity index (χ3v) is 5.47. The number of carbonyl (C=O) groups excluding carboxylic acids is 4. The van der Waals surface area contributed by atoms with Crippen molar-refractivity contribution in [3.05, 3.63) is 40.4 Å². The average Bonchev–Trinajstić information content (AvgIpc) is 2.96. The summed E-state index contributed by atoms with van der Waals surface area (Å²) in [7, 11) is 0. The summed E-state index contributed by atoms with van der Waals surface area (Å²) in [4.78, 5) is 49.5. The normalized spacial score (nSPS) is 20.1. The second-order valence-corrected chi connectivity index (χ2v) is 7.89. The van der Waals surface area contributed by atoms with E-state index in [2.05, 4.69) is 10.9 Å². The van der Waals surface area contributed by atoms with Crippen molar-refractivity contribution in [2.45, 2.75) is 25.7 Å². The number of nitrogens with zero attached hydrogens (tertiary/aromatic N) is 1. The fourth-order valence-corrected chi connectivity index (χ4v) is 3.88. The number of hydrogen-bond donors (Lipinski definition) is 2. The van der Waals surface area contributed by atoms with Crippen LogP contribution in [0.4, 0.5) is 0 Å². The molecule has 1 aliphatic heterocycles. The molecule has 0 bridgehead atoms. The summed E-state index contributed by atoms with van der Waals surface area (Å²) in [6, 6.07) is 4.84. The molecule has 10 heteroatoms. The summed E-state index contributed by atoms with van der Waals surface area (Å²) in [6.45, 7) is -0.167. The lowest BCUT2D eigenvalue weighted by Crippen LogP contribution is -2.47. The highest BCUT2D eigenvalue weighted by Crippen LogP contribution is 2.34. The molecule has 1 heterocycles. The van der Waals surface area contributed by atoms with Crippen LogP contribution in [0.15, 0.2) is 30.4 Å². The van der Waals surface area contributed by atoms with Crippen molar-refractivity contribution in [3.63, 3.8) is 0 Å². The van der Waals surface area contributed by atoms with Gasteiger partial charge in [0.2, 0.25) is 17.7 Å².